The van der Waals surface area contributed by atoms with E-state index >= 15 is 0 Å². The fourth-order valence-corrected chi connectivity index (χ4v) is 13.8. The normalized spacial score (nSPS) is 38.5. The van der Waals surface area contributed by atoms with Crippen LogP contribution in [0.3, 0.4) is 0 Å². The fourth-order valence-electron chi connectivity index (χ4n) is 11.8. The van der Waals surface area contributed by atoms with Crippen LogP contribution >= 0.6 is 0 Å². The van der Waals surface area contributed by atoms with Crippen LogP contribution in [0.25, 0.3) is 0 Å². The minimum Gasteiger partial charge on any atom is -0.382 e. The Balaban J connectivity index is 0.000000131. The van der Waals surface area contributed by atoms with Crippen molar-refractivity contribution in [3.63, 3.8) is 0 Å². The second-order valence-corrected chi connectivity index (χ2v) is 19.1. The summed E-state index contributed by atoms with van der Waals surface area (Å²) in [5.74, 6) is 4.87. The smallest absolute Gasteiger partial charge is 0.382 e. The van der Waals surface area contributed by atoms with Crippen LogP contribution in [0.4, 0.5) is 5.69 Å². The van der Waals surface area contributed by atoms with Crippen molar-refractivity contribution in [3.05, 3.63) is 52.1 Å². The van der Waals surface area contributed by atoms with Gasteiger partial charge in [0.05, 0.1) is 5.69 Å². The molecule has 0 spiro atoms. The van der Waals surface area contributed by atoms with E-state index in [1.807, 2.05) is 12.1 Å². The molecule has 6 aliphatic carbocycles. The van der Waals surface area contributed by atoms with Gasteiger partial charge in [-0.1, -0.05) is 26.0 Å². The summed E-state index contributed by atoms with van der Waals surface area (Å²) in [6.45, 7) is 4.35. The lowest BCUT2D eigenvalue weighted by atomic mass is 9.55. The van der Waals surface area contributed by atoms with Crippen LogP contribution in [0.5, 0.6) is 11.5 Å². The molecule has 2 aromatic carbocycles. The van der Waals surface area contributed by atoms with Crippen LogP contribution in [-0.4, -0.2) is 28.4 Å². The van der Waals surface area contributed by atoms with Crippen molar-refractivity contribution < 1.29 is 34.8 Å². The van der Waals surface area contributed by atoms with Gasteiger partial charge in [-0.3, -0.25) is 9.59 Å². The largest absolute Gasteiger partial charge is 0.407 e. The molecule has 2 aromatic rings. The molecule has 4 saturated carbocycles. The first-order valence-electron chi connectivity index (χ1n) is 17.8. The van der Waals surface area contributed by atoms with Crippen LogP contribution in [0, 0.1) is 34.5 Å². The molecule has 11 heteroatoms. The van der Waals surface area contributed by atoms with Gasteiger partial charge in [-0.2, -0.15) is 16.8 Å². The van der Waals surface area contributed by atoms with E-state index < -0.39 is 20.4 Å². The Hall–Kier alpha value is -2.92. The molecule has 2 aliphatic heterocycles. The van der Waals surface area contributed by atoms with E-state index in [1.165, 1.54) is 16.7 Å². The SMILES string of the molecule is CC12CCC3c4cc5c(cc4CCC3C1CCC2=O)OS(=O)(=O)C5.CC12CCC3c4ccc5c(c4CCC3C1CCC2=O)NS(=O)(=O)O5. The number of hydrogen-bond donors (Lipinski definition) is 1. The van der Waals surface area contributed by atoms with Crippen molar-refractivity contribution in [1.29, 1.82) is 0 Å². The molecule has 1 N–H and O–H groups in total. The van der Waals surface area contributed by atoms with Gasteiger partial charge < -0.3 is 8.37 Å². The molecule has 0 aromatic heterocycles. The van der Waals surface area contributed by atoms with Crippen LogP contribution in [0.2, 0.25) is 0 Å². The molecule has 48 heavy (non-hydrogen) atoms. The third kappa shape index (κ3) is 4.51. The Kier molecular flexibility index (Phi) is 6.68. The van der Waals surface area contributed by atoms with E-state index in [1.54, 1.807) is 6.07 Å². The predicted octanol–water partition coefficient (Wildman–Crippen LogP) is 6.49. The van der Waals surface area contributed by atoms with Crippen molar-refractivity contribution in [3.8, 4) is 11.5 Å². The lowest BCUT2D eigenvalue weighted by Crippen LogP contribution is -2.42. The van der Waals surface area contributed by atoms with Crippen molar-refractivity contribution in [1.82, 2.24) is 0 Å². The van der Waals surface area contributed by atoms with Crippen molar-refractivity contribution in [2.24, 2.45) is 34.5 Å². The van der Waals surface area contributed by atoms with Crippen molar-refractivity contribution in [2.75, 3.05) is 4.72 Å². The number of carbonyl (C=O) groups is 2. The molecule has 0 radical (unpaired) electrons. The molecule has 8 aliphatic rings. The Bertz CT molecular complexity index is 1960. The highest BCUT2D eigenvalue weighted by molar-refractivity contribution is 7.88. The quantitative estimate of drug-likeness (QED) is 0.310. The summed E-state index contributed by atoms with van der Waals surface area (Å²) in [4.78, 5) is 24.8. The van der Waals surface area contributed by atoms with Gasteiger partial charge in [-0.15, -0.1) is 0 Å². The van der Waals surface area contributed by atoms with Gasteiger partial charge in [-0.25, -0.2) is 4.72 Å². The van der Waals surface area contributed by atoms with Crippen molar-refractivity contribution in [2.45, 2.75) is 108 Å². The number of hydrogen-bond acceptors (Lipinski definition) is 8. The first-order chi connectivity index (χ1) is 22.8. The maximum absolute atomic E-state index is 12.4. The van der Waals surface area contributed by atoms with Crippen LogP contribution in [0.1, 0.15) is 118 Å². The minimum atomic E-state index is -3.69. The van der Waals surface area contributed by atoms with Gasteiger partial charge in [0.2, 0.25) is 0 Å². The second-order valence-electron chi connectivity index (χ2n) is 16.3. The molecule has 0 bridgehead atoms. The van der Waals surface area contributed by atoms with Crippen LogP contribution < -0.4 is 13.1 Å². The molecule has 8 unspecified atom stereocenters. The van der Waals surface area contributed by atoms with E-state index in [4.69, 9.17) is 8.37 Å². The van der Waals surface area contributed by atoms with Gasteiger partial charge >= 0.3 is 20.4 Å². The molecule has 0 amide bonds. The summed E-state index contributed by atoms with van der Waals surface area (Å²) in [5.41, 5.74) is 6.16. The van der Waals surface area contributed by atoms with Gasteiger partial charge in [0.1, 0.15) is 23.1 Å². The Labute approximate surface area is 282 Å². The zero-order valence-electron chi connectivity index (χ0n) is 27.5. The maximum atomic E-state index is 12.4. The highest BCUT2D eigenvalue weighted by Crippen LogP contribution is 2.62. The first-order valence-corrected chi connectivity index (χ1v) is 20.8. The summed E-state index contributed by atoms with van der Waals surface area (Å²) in [6, 6.07) is 7.87. The number of rotatable bonds is 0. The van der Waals surface area contributed by atoms with Gasteiger partial charge in [-0.05, 0) is 134 Å². The lowest BCUT2D eigenvalue weighted by Gasteiger charge is -2.48. The van der Waals surface area contributed by atoms with Crippen molar-refractivity contribution >= 4 is 37.7 Å². The average Bonchev–Trinajstić information content (AvgIpc) is 3.73. The van der Waals surface area contributed by atoms with E-state index in [0.717, 1.165) is 88.2 Å². The molecular formula is C37H43NO8S2. The number of Topliss-reactive ketones (excluding diaryl/α,β-unsaturated/α-hetero) is 2. The summed E-state index contributed by atoms with van der Waals surface area (Å²) < 4.78 is 59.6. The average molecular weight is 694 g/mol. The van der Waals surface area contributed by atoms with E-state index in [2.05, 4.69) is 24.6 Å². The number of nitrogens with one attached hydrogen (secondary N) is 1. The van der Waals surface area contributed by atoms with Crippen LogP contribution in [-0.2, 0) is 48.6 Å². The molecule has 2 heterocycles. The monoisotopic (exact) mass is 693 g/mol. The molecule has 10 rings (SSSR count). The second kappa shape index (κ2) is 10.3. The Morgan fingerprint density at radius 3 is 1.98 bits per heavy atom. The van der Waals surface area contributed by atoms with Crippen LogP contribution in [0.15, 0.2) is 24.3 Å². The van der Waals surface area contributed by atoms with E-state index in [0.29, 0.717) is 64.3 Å². The number of fused-ring (bicyclic) bond motifs is 13. The molecule has 0 saturated heterocycles. The summed E-state index contributed by atoms with van der Waals surface area (Å²) >= 11 is 0. The third-order valence-electron chi connectivity index (χ3n) is 14.2. The fraction of sp³-hybridized carbons (Fsp3) is 0.622. The highest BCUT2D eigenvalue weighted by atomic mass is 32.2. The van der Waals surface area contributed by atoms with Gasteiger partial charge in [0, 0.05) is 29.2 Å². The zero-order chi connectivity index (χ0) is 33.4. The number of benzene rings is 2. The number of ketones is 2. The summed E-state index contributed by atoms with van der Waals surface area (Å²) in [5, 5.41) is 0. The molecule has 8 atom stereocenters. The van der Waals surface area contributed by atoms with E-state index in [9.17, 15) is 26.4 Å². The maximum Gasteiger partial charge on any atom is 0.407 e. The first kappa shape index (κ1) is 31.1. The van der Waals surface area contributed by atoms with Gasteiger partial charge in [0.15, 0.2) is 5.75 Å². The Morgan fingerprint density at radius 1 is 0.688 bits per heavy atom. The minimum absolute atomic E-state index is 0.00731. The molecule has 9 nitrogen and oxygen atoms in total. The topological polar surface area (TPSA) is 133 Å². The summed E-state index contributed by atoms with van der Waals surface area (Å²) in [6.07, 6.45) is 11.5. The number of carbonyl (C=O) groups excluding carboxylic acids is 2. The Morgan fingerprint density at radius 2 is 1.31 bits per heavy atom. The van der Waals surface area contributed by atoms with E-state index in [-0.39, 0.29) is 16.6 Å². The molecule has 4 fully saturated rings. The highest BCUT2D eigenvalue weighted by Gasteiger charge is 2.56. The number of anilines is 1. The van der Waals surface area contributed by atoms with Gasteiger partial charge in [0.25, 0.3) is 0 Å². The molecular weight excluding hydrogens is 651 g/mol. The zero-order valence-corrected chi connectivity index (χ0v) is 29.2. The lowest BCUT2D eigenvalue weighted by molar-refractivity contribution is -0.130. The predicted molar refractivity (Wildman–Crippen MR) is 179 cm³/mol. The standard InChI is InChI=1S/C19H22O4S.C18H21NO4S/c1-19-7-6-13-14(16(19)4-5-18(19)20)3-2-11-9-17-12(8-15(11)13)10-24(21,22)23-17;1-18-9-8-11-10-4-6-15-17(19-24(21,22)23-15)13(10)3-2-12(11)14(18)5-7-16(18)20/h8-9,13-14,16H,2-7,10H2,1H3;4,6,11-12,14,19H,2-3,5,7-9H2,1H3. The number of aryl methyl sites for hydroxylation is 1. The molecule has 256 valence electrons. The summed E-state index contributed by atoms with van der Waals surface area (Å²) in [7, 11) is -7.13. The third-order valence-corrected chi connectivity index (χ3v) is 16.1.